The van der Waals surface area contributed by atoms with Crippen LogP contribution in [-0.4, -0.2) is 28.5 Å². The highest BCUT2D eigenvalue weighted by atomic mass is 32.2. The Morgan fingerprint density at radius 2 is 1.59 bits per heavy atom. The molecule has 0 saturated carbocycles. The maximum Gasteiger partial charge on any atom is 0.197 e. The molecule has 1 unspecified atom stereocenters. The number of carbonyl (C=O) groups excluding carboxylic acids is 1. The first kappa shape index (κ1) is 19.2. The molecule has 0 amide bonds. The summed E-state index contributed by atoms with van der Waals surface area (Å²) in [6.07, 6.45) is 1.09. The normalized spacial score (nSPS) is 14.4. The molecule has 0 heterocycles. The van der Waals surface area contributed by atoms with E-state index < -0.39 is 0 Å². The van der Waals surface area contributed by atoms with Crippen molar-refractivity contribution in [3.63, 3.8) is 0 Å². The Morgan fingerprint density at radius 1 is 1.05 bits per heavy atom. The van der Waals surface area contributed by atoms with Crippen LogP contribution in [0.2, 0.25) is 0 Å². The van der Waals surface area contributed by atoms with Gasteiger partial charge in [-0.05, 0) is 43.5 Å². The number of hydrogen-bond acceptors (Lipinski definition) is 3. The predicted octanol–water partition coefficient (Wildman–Crippen LogP) is 4.94. The van der Waals surface area contributed by atoms with E-state index in [1.807, 2.05) is 6.92 Å². The van der Waals surface area contributed by atoms with E-state index in [4.69, 9.17) is 0 Å². The summed E-state index contributed by atoms with van der Waals surface area (Å²) < 4.78 is 0. The smallest absolute Gasteiger partial charge is 0.197 e. The molecule has 0 N–H and O–H groups in total. The molecular weight excluding hydrogens is 290 g/mol. The maximum atomic E-state index is 12.5. The van der Waals surface area contributed by atoms with Crippen LogP contribution in [0.1, 0.15) is 58.6 Å². The molecule has 0 saturated heterocycles. The Balaban J connectivity index is 2.66. The third-order valence-corrected chi connectivity index (χ3v) is 5.32. The molecule has 0 aliphatic heterocycles. The van der Waals surface area contributed by atoms with Crippen LogP contribution in [-0.2, 0) is 11.2 Å². The van der Waals surface area contributed by atoms with E-state index in [0.29, 0.717) is 5.92 Å². The first-order chi connectivity index (χ1) is 10.4. The summed E-state index contributed by atoms with van der Waals surface area (Å²) >= 11 is 1.46. The minimum absolute atomic E-state index is 0.0453. The van der Waals surface area contributed by atoms with Crippen LogP contribution in [0.15, 0.2) is 24.3 Å². The highest BCUT2D eigenvalue weighted by Gasteiger charge is 2.21. The lowest BCUT2D eigenvalue weighted by Gasteiger charge is -2.26. The fourth-order valence-corrected chi connectivity index (χ4v) is 3.76. The monoisotopic (exact) mass is 321 g/mol. The largest absolute Gasteiger partial charge is 0.292 e. The number of nitrogens with zero attached hydrogens (tertiary/aromatic N) is 1. The summed E-state index contributed by atoms with van der Waals surface area (Å²) in [5.41, 5.74) is 2.47. The van der Waals surface area contributed by atoms with Crippen LogP contribution in [0.3, 0.4) is 0 Å². The van der Waals surface area contributed by atoms with Crippen LogP contribution < -0.4 is 0 Å². The summed E-state index contributed by atoms with van der Waals surface area (Å²) in [6, 6.07) is 8.56. The molecule has 1 rings (SSSR count). The number of thioether (sulfide) groups is 1. The molecule has 124 valence electrons. The Kier molecular flexibility index (Phi) is 8.19. The molecule has 1 aromatic carbocycles. The van der Waals surface area contributed by atoms with Gasteiger partial charge in [0, 0.05) is 0 Å². The molecule has 3 heteroatoms. The highest BCUT2D eigenvalue weighted by Crippen LogP contribution is 2.27. The maximum absolute atomic E-state index is 12.5. The molecule has 0 aromatic heterocycles. The second-order valence-corrected chi connectivity index (χ2v) is 7.64. The van der Waals surface area contributed by atoms with E-state index in [1.165, 1.54) is 17.3 Å². The molecule has 0 spiro atoms. The van der Waals surface area contributed by atoms with Gasteiger partial charge < -0.3 is 0 Å². The molecule has 2 nitrogen and oxygen atoms in total. The summed E-state index contributed by atoms with van der Waals surface area (Å²) in [5, 5.41) is 0.501. The zero-order valence-electron chi connectivity index (χ0n) is 14.9. The molecule has 0 fully saturated rings. The minimum atomic E-state index is -0.0453. The lowest BCUT2D eigenvalue weighted by Crippen LogP contribution is -2.31. The van der Waals surface area contributed by atoms with Crippen molar-refractivity contribution in [3.8, 4) is 0 Å². The van der Waals surface area contributed by atoms with E-state index >= 15 is 0 Å². The van der Waals surface area contributed by atoms with E-state index in [1.54, 1.807) is 0 Å². The first-order valence-electron chi connectivity index (χ1n) is 8.42. The fourth-order valence-electron chi connectivity index (χ4n) is 2.63. The zero-order valence-corrected chi connectivity index (χ0v) is 15.7. The number of hydrogen-bond donors (Lipinski definition) is 0. The standard InChI is InChI=1S/C19H31NOS/c1-7-20(8-2)16(6)22-19(21)15(5)18-11-9-17(10-12-18)13-14(3)4/h9-12,14-16H,7-8,13H2,1-6H3/t15?,16-/m0/s1. The molecule has 0 radical (unpaired) electrons. The topological polar surface area (TPSA) is 20.3 Å². The average Bonchev–Trinajstić information content (AvgIpc) is 2.47. The zero-order chi connectivity index (χ0) is 16.7. The van der Waals surface area contributed by atoms with Gasteiger partial charge in [-0.15, -0.1) is 0 Å². The third-order valence-electron chi connectivity index (χ3n) is 4.09. The van der Waals surface area contributed by atoms with Gasteiger partial charge >= 0.3 is 0 Å². The number of benzene rings is 1. The van der Waals surface area contributed by atoms with Crippen molar-refractivity contribution in [2.24, 2.45) is 5.92 Å². The van der Waals surface area contributed by atoms with Crippen LogP contribution in [0.25, 0.3) is 0 Å². The van der Waals surface area contributed by atoms with Crippen molar-refractivity contribution in [1.82, 2.24) is 4.90 Å². The van der Waals surface area contributed by atoms with Gasteiger partial charge in [-0.2, -0.15) is 0 Å². The SMILES string of the molecule is CCN(CC)[C@H](C)SC(=O)C(C)c1ccc(CC(C)C)cc1. The molecule has 0 bridgehead atoms. The molecule has 22 heavy (non-hydrogen) atoms. The van der Waals surface area contributed by atoms with Crippen LogP contribution >= 0.6 is 11.8 Å². The lowest BCUT2D eigenvalue weighted by molar-refractivity contribution is -0.112. The Morgan fingerprint density at radius 3 is 2.05 bits per heavy atom. The molecular formula is C19H31NOS. The van der Waals surface area contributed by atoms with Gasteiger partial charge in [0.1, 0.15) is 0 Å². The van der Waals surface area contributed by atoms with Crippen molar-refractivity contribution in [3.05, 3.63) is 35.4 Å². The van der Waals surface area contributed by atoms with Crippen molar-refractivity contribution in [1.29, 1.82) is 0 Å². The van der Waals surface area contributed by atoms with Gasteiger partial charge in [0.05, 0.1) is 11.3 Å². The van der Waals surface area contributed by atoms with Crippen LogP contribution in [0.4, 0.5) is 0 Å². The second-order valence-electron chi connectivity index (χ2n) is 6.32. The molecule has 2 atom stereocenters. The summed E-state index contributed by atoms with van der Waals surface area (Å²) in [4.78, 5) is 14.8. The molecule has 1 aromatic rings. The number of carbonyl (C=O) groups is 1. The van der Waals surface area contributed by atoms with E-state index in [9.17, 15) is 4.79 Å². The van der Waals surface area contributed by atoms with E-state index in [0.717, 1.165) is 25.1 Å². The van der Waals surface area contributed by atoms with Crippen molar-refractivity contribution < 1.29 is 4.79 Å². The summed E-state index contributed by atoms with van der Waals surface area (Å²) in [5.74, 6) is 0.617. The van der Waals surface area contributed by atoms with E-state index in [-0.39, 0.29) is 16.4 Å². The Labute approximate surface area is 140 Å². The van der Waals surface area contributed by atoms with Gasteiger partial charge in [0.15, 0.2) is 5.12 Å². The predicted molar refractivity (Wildman–Crippen MR) is 98.4 cm³/mol. The fraction of sp³-hybridized carbons (Fsp3) is 0.632. The Bertz CT molecular complexity index is 451. The quantitative estimate of drug-likeness (QED) is 0.633. The van der Waals surface area contributed by atoms with Crippen LogP contribution in [0, 0.1) is 5.92 Å². The molecule has 0 aliphatic rings. The van der Waals surface area contributed by atoms with Crippen molar-refractivity contribution in [2.45, 2.75) is 59.3 Å². The van der Waals surface area contributed by atoms with Gasteiger partial charge in [-0.1, -0.05) is 70.6 Å². The Hall–Kier alpha value is -0.800. The number of rotatable bonds is 8. The van der Waals surface area contributed by atoms with Crippen molar-refractivity contribution in [2.75, 3.05) is 13.1 Å². The highest BCUT2D eigenvalue weighted by molar-refractivity contribution is 8.14. The van der Waals surface area contributed by atoms with Crippen LogP contribution in [0.5, 0.6) is 0 Å². The lowest BCUT2D eigenvalue weighted by atomic mass is 9.97. The summed E-state index contributed by atoms with van der Waals surface area (Å²) in [7, 11) is 0. The van der Waals surface area contributed by atoms with Crippen molar-refractivity contribution >= 4 is 16.9 Å². The van der Waals surface area contributed by atoms with Gasteiger partial charge in [-0.3, -0.25) is 9.69 Å². The van der Waals surface area contributed by atoms with Gasteiger partial charge in [0.25, 0.3) is 0 Å². The minimum Gasteiger partial charge on any atom is -0.292 e. The average molecular weight is 322 g/mol. The van der Waals surface area contributed by atoms with E-state index in [2.05, 4.69) is 63.8 Å². The summed E-state index contributed by atoms with van der Waals surface area (Å²) in [6.45, 7) is 14.8. The second kappa shape index (κ2) is 9.36. The third kappa shape index (κ3) is 5.77. The van der Waals surface area contributed by atoms with Gasteiger partial charge in [-0.25, -0.2) is 0 Å². The first-order valence-corrected chi connectivity index (χ1v) is 9.30. The molecule has 0 aliphatic carbocycles. The van der Waals surface area contributed by atoms with Gasteiger partial charge in [0.2, 0.25) is 0 Å².